The van der Waals surface area contributed by atoms with Crippen molar-refractivity contribution in [3.05, 3.63) is 39.1 Å². The number of benzene rings is 1. The van der Waals surface area contributed by atoms with Crippen LogP contribution in [0.3, 0.4) is 0 Å². The Morgan fingerprint density at radius 1 is 1.55 bits per heavy atom. The first-order chi connectivity index (χ1) is 9.49. The fraction of sp³-hybridized carbons (Fsp3) is 0.250. The van der Waals surface area contributed by atoms with Crippen molar-refractivity contribution in [3.8, 4) is 0 Å². The number of anilines is 1. The molecule has 20 heavy (non-hydrogen) atoms. The molecule has 0 atom stereocenters. The smallest absolute Gasteiger partial charge is 0.246 e. The highest BCUT2D eigenvalue weighted by Crippen LogP contribution is 2.29. The maximum absolute atomic E-state index is 11.9. The minimum absolute atomic E-state index is 0.0605. The van der Waals surface area contributed by atoms with Crippen molar-refractivity contribution in [3.63, 3.8) is 0 Å². The van der Waals surface area contributed by atoms with Gasteiger partial charge in [-0.05, 0) is 40.5 Å². The molecule has 0 aliphatic carbocycles. The van der Waals surface area contributed by atoms with E-state index < -0.39 is 0 Å². The monoisotopic (exact) mass is 357 g/mol. The zero-order valence-corrected chi connectivity index (χ0v) is 13.1. The molecule has 6 nitrogen and oxygen atoms in total. The van der Waals surface area contributed by atoms with Gasteiger partial charge in [-0.15, -0.1) is 5.10 Å². The van der Waals surface area contributed by atoms with Crippen molar-refractivity contribution in [2.24, 2.45) is 5.73 Å². The fourth-order valence-electron chi connectivity index (χ4n) is 1.59. The van der Waals surface area contributed by atoms with Gasteiger partial charge >= 0.3 is 0 Å². The predicted molar refractivity (Wildman–Crippen MR) is 80.4 cm³/mol. The minimum Gasteiger partial charge on any atom is -0.325 e. The van der Waals surface area contributed by atoms with Crippen molar-refractivity contribution in [1.82, 2.24) is 15.0 Å². The van der Waals surface area contributed by atoms with Crippen LogP contribution in [0.5, 0.6) is 0 Å². The molecule has 0 saturated carbocycles. The molecule has 0 spiro atoms. The van der Waals surface area contributed by atoms with Crippen LogP contribution in [0.2, 0.25) is 5.02 Å². The summed E-state index contributed by atoms with van der Waals surface area (Å²) in [7, 11) is 0. The van der Waals surface area contributed by atoms with Gasteiger partial charge in [-0.3, -0.25) is 4.79 Å². The normalized spacial score (nSPS) is 10.6. The number of nitrogens with two attached hydrogens (primary N) is 1. The van der Waals surface area contributed by atoms with Gasteiger partial charge in [0.2, 0.25) is 5.91 Å². The Morgan fingerprint density at radius 3 is 2.95 bits per heavy atom. The molecular formula is C12H13BrClN5O. The van der Waals surface area contributed by atoms with Gasteiger partial charge in [-0.2, -0.15) is 0 Å². The van der Waals surface area contributed by atoms with E-state index in [-0.39, 0.29) is 12.5 Å². The summed E-state index contributed by atoms with van der Waals surface area (Å²) in [5.41, 5.74) is 7.61. The van der Waals surface area contributed by atoms with Crippen molar-refractivity contribution >= 4 is 39.1 Å². The molecule has 2 rings (SSSR count). The number of aromatic nitrogens is 3. The summed E-state index contributed by atoms with van der Waals surface area (Å²) in [6, 6.07) is 3.55. The predicted octanol–water partition coefficient (Wildman–Crippen LogP) is 2.10. The maximum atomic E-state index is 11.9. The third-order valence-corrected chi connectivity index (χ3v) is 3.69. The van der Waals surface area contributed by atoms with Gasteiger partial charge in [0, 0.05) is 16.0 Å². The molecular weight excluding hydrogens is 346 g/mol. The fourth-order valence-corrected chi connectivity index (χ4v) is 2.31. The summed E-state index contributed by atoms with van der Waals surface area (Å²) in [4.78, 5) is 11.9. The third kappa shape index (κ3) is 3.56. The number of carbonyl (C=O) groups is 1. The van der Waals surface area contributed by atoms with Crippen LogP contribution in [0.4, 0.5) is 5.69 Å². The number of nitrogens with one attached hydrogen (secondary N) is 1. The van der Waals surface area contributed by atoms with Crippen LogP contribution < -0.4 is 11.1 Å². The third-order valence-electron chi connectivity index (χ3n) is 2.62. The van der Waals surface area contributed by atoms with E-state index in [2.05, 4.69) is 31.6 Å². The number of hydrogen-bond donors (Lipinski definition) is 2. The maximum Gasteiger partial charge on any atom is 0.246 e. The van der Waals surface area contributed by atoms with Gasteiger partial charge in [0.1, 0.15) is 6.54 Å². The molecule has 0 bridgehead atoms. The summed E-state index contributed by atoms with van der Waals surface area (Å²) in [6.45, 7) is 2.24. The molecule has 0 aliphatic rings. The lowest BCUT2D eigenvalue weighted by Crippen LogP contribution is -2.19. The molecule has 8 heteroatoms. The molecule has 0 aliphatic heterocycles. The standard InChI is InChI=1S/C12H13BrClN5O/c1-7-2-9(13)11(3-10(7)14)16-12(20)6-19-5-8(4-15)17-18-19/h2-3,5H,4,6,15H2,1H3,(H,16,20). The first-order valence-electron chi connectivity index (χ1n) is 5.84. The lowest BCUT2D eigenvalue weighted by atomic mass is 10.2. The summed E-state index contributed by atoms with van der Waals surface area (Å²) in [5.74, 6) is -0.223. The van der Waals surface area contributed by atoms with E-state index in [1.807, 2.05) is 13.0 Å². The van der Waals surface area contributed by atoms with Crippen LogP contribution in [0.1, 0.15) is 11.3 Å². The molecule has 1 aromatic heterocycles. The number of amides is 1. The summed E-state index contributed by atoms with van der Waals surface area (Å²) in [5, 5.41) is 11.0. The topological polar surface area (TPSA) is 85.8 Å². The summed E-state index contributed by atoms with van der Waals surface area (Å²) >= 11 is 9.42. The molecule has 1 amide bonds. The number of halogens is 2. The first-order valence-corrected chi connectivity index (χ1v) is 7.01. The average Bonchev–Trinajstić information content (AvgIpc) is 2.83. The minimum atomic E-state index is -0.223. The van der Waals surface area contributed by atoms with Crippen molar-refractivity contribution < 1.29 is 4.79 Å². The zero-order valence-electron chi connectivity index (χ0n) is 10.7. The van der Waals surface area contributed by atoms with Crippen LogP contribution in [-0.4, -0.2) is 20.9 Å². The van der Waals surface area contributed by atoms with Crippen LogP contribution in [0.25, 0.3) is 0 Å². The van der Waals surface area contributed by atoms with E-state index in [1.165, 1.54) is 4.68 Å². The number of hydrogen-bond acceptors (Lipinski definition) is 4. The van der Waals surface area contributed by atoms with E-state index in [0.717, 1.165) is 10.0 Å². The van der Waals surface area contributed by atoms with Crippen molar-refractivity contribution in [2.75, 3.05) is 5.32 Å². The van der Waals surface area contributed by atoms with Gasteiger partial charge in [-0.1, -0.05) is 16.8 Å². The number of nitrogens with zero attached hydrogens (tertiary/aromatic N) is 3. The molecule has 0 saturated heterocycles. The highest BCUT2D eigenvalue weighted by Gasteiger charge is 2.10. The lowest BCUT2D eigenvalue weighted by molar-refractivity contribution is -0.116. The van der Waals surface area contributed by atoms with E-state index in [4.69, 9.17) is 17.3 Å². The van der Waals surface area contributed by atoms with Crippen LogP contribution in [0, 0.1) is 6.92 Å². The van der Waals surface area contributed by atoms with Gasteiger partial charge in [0.15, 0.2) is 0 Å². The molecule has 0 fully saturated rings. The molecule has 2 aromatic rings. The quantitative estimate of drug-likeness (QED) is 0.876. The SMILES string of the molecule is Cc1cc(Br)c(NC(=O)Cn2cc(CN)nn2)cc1Cl. The Hall–Kier alpha value is -1.44. The van der Waals surface area contributed by atoms with Gasteiger partial charge < -0.3 is 11.1 Å². The number of carbonyl (C=O) groups excluding carboxylic acids is 1. The largest absolute Gasteiger partial charge is 0.325 e. The van der Waals surface area contributed by atoms with Gasteiger partial charge in [0.25, 0.3) is 0 Å². The molecule has 106 valence electrons. The molecule has 1 heterocycles. The van der Waals surface area contributed by atoms with Crippen LogP contribution >= 0.6 is 27.5 Å². The highest BCUT2D eigenvalue weighted by atomic mass is 79.9. The molecule has 1 aromatic carbocycles. The Kier molecular flexibility index (Phi) is 4.74. The van der Waals surface area contributed by atoms with Crippen LogP contribution in [0.15, 0.2) is 22.8 Å². The highest BCUT2D eigenvalue weighted by molar-refractivity contribution is 9.10. The second-order valence-corrected chi connectivity index (χ2v) is 5.50. The van der Waals surface area contributed by atoms with Gasteiger partial charge in [0.05, 0.1) is 17.6 Å². The van der Waals surface area contributed by atoms with E-state index >= 15 is 0 Å². The van der Waals surface area contributed by atoms with E-state index in [9.17, 15) is 4.79 Å². The Balaban J connectivity index is 2.06. The number of aryl methyl sites for hydroxylation is 1. The molecule has 3 N–H and O–H groups in total. The molecule has 0 unspecified atom stereocenters. The lowest BCUT2D eigenvalue weighted by Gasteiger charge is -2.09. The number of rotatable bonds is 4. The Bertz CT molecular complexity index is 643. The van der Waals surface area contributed by atoms with Crippen molar-refractivity contribution in [1.29, 1.82) is 0 Å². The van der Waals surface area contributed by atoms with Crippen LogP contribution in [-0.2, 0) is 17.9 Å². The van der Waals surface area contributed by atoms with Crippen molar-refractivity contribution in [2.45, 2.75) is 20.0 Å². The second-order valence-electron chi connectivity index (χ2n) is 4.24. The average molecular weight is 359 g/mol. The summed E-state index contributed by atoms with van der Waals surface area (Å²) < 4.78 is 2.20. The Labute approximate surface area is 129 Å². The second kappa shape index (κ2) is 6.34. The van der Waals surface area contributed by atoms with E-state index in [1.54, 1.807) is 12.3 Å². The Morgan fingerprint density at radius 2 is 2.30 bits per heavy atom. The first kappa shape index (κ1) is 15.0. The van der Waals surface area contributed by atoms with Gasteiger partial charge in [-0.25, -0.2) is 4.68 Å². The van der Waals surface area contributed by atoms with E-state index in [0.29, 0.717) is 22.9 Å². The zero-order chi connectivity index (χ0) is 14.7. The molecule has 0 radical (unpaired) electrons. The summed E-state index contributed by atoms with van der Waals surface area (Å²) in [6.07, 6.45) is 1.64.